The van der Waals surface area contributed by atoms with Gasteiger partial charge in [-0.25, -0.2) is 0 Å². The Kier molecular flexibility index (Phi) is 3.64. The van der Waals surface area contributed by atoms with Crippen molar-refractivity contribution in [2.24, 2.45) is 5.73 Å². The summed E-state index contributed by atoms with van der Waals surface area (Å²) in [7, 11) is 0. The van der Waals surface area contributed by atoms with E-state index in [1.807, 2.05) is 0 Å². The fraction of sp³-hybridized carbons (Fsp3) is 0.333. The third-order valence-electron chi connectivity index (χ3n) is 1.65. The molecule has 0 saturated carbocycles. The minimum atomic E-state index is -0.168. The molecule has 0 aliphatic rings. The maximum atomic E-state index is 11.4. The number of hydrogen-bond acceptors (Lipinski definition) is 3. The third-order valence-corrected chi connectivity index (χ3v) is 1.85. The summed E-state index contributed by atoms with van der Waals surface area (Å²) in [6.45, 7) is 2.24. The molecule has 0 atom stereocenters. The molecule has 3 N–H and O–H groups in total. The van der Waals surface area contributed by atoms with E-state index < -0.39 is 0 Å². The second-order valence-electron chi connectivity index (χ2n) is 2.92. The number of amides is 1. The number of carbonyl (C=O) groups is 1. The molecule has 14 heavy (non-hydrogen) atoms. The lowest BCUT2D eigenvalue weighted by Gasteiger charge is -2.01. The van der Waals surface area contributed by atoms with Crippen molar-refractivity contribution < 1.29 is 9.21 Å². The number of rotatable bonds is 4. The number of nitrogens with two attached hydrogens (primary N) is 1. The summed E-state index contributed by atoms with van der Waals surface area (Å²) in [6, 6.07) is 1.68. The van der Waals surface area contributed by atoms with E-state index in [0.29, 0.717) is 29.3 Å². The van der Waals surface area contributed by atoms with Crippen LogP contribution in [-0.4, -0.2) is 17.4 Å². The van der Waals surface area contributed by atoms with E-state index in [0.717, 1.165) is 0 Å². The van der Waals surface area contributed by atoms with E-state index in [1.54, 1.807) is 13.0 Å². The van der Waals surface area contributed by atoms with Crippen molar-refractivity contribution in [1.29, 1.82) is 0 Å². The first-order valence-electron chi connectivity index (χ1n) is 4.21. The van der Waals surface area contributed by atoms with Crippen LogP contribution in [0.3, 0.4) is 0 Å². The molecule has 1 amide bonds. The molecule has 0 aliphatic heterocycles. The van der Waals surface area contributed by atoms with Gasteiger partial charge in [0, 0.05) is 13.0 Å². The number of aryl methyl sites for hydroxylation is 1. The Balaban J connectivity index is 2.39. The lowest BCUT2D eigenvalue weighted by Crippen LogP contribution is -2.26. The largest absolute Gasteiger partial charge is 0.469 e. The average molecular weight is 212 g/mol. The highest BCUT2D eigenvalue weighted by Gasteiger charge is 2.07. The third kappa shape index (κ3) is 3.18. The Morgan fingerprint density at radius 3 is 2.93 bits per heavy atom. The van der Waals surface area contributed by atoms with Crippen molar-refractivity contribution in [2.45, 2.75) is 13.3 Å². The molecule has 5 heteroatoms. The van der Waals surface area contributed by atoms with E-state index in [2.05, 4.69) is 17.5 Å². The van der Waals surface area contributed by atoms with Crippen LogP contribution in [0.2, 0.25) is 0 Å². The molecule has 1 aromatic rings. The summed E-state index contributed by atoms with van der Waals surface area (Å²) in [5.74, 6) is 0.544. The smallest absolute Gasteiger partial charge is 0.254 e. The van der Waals surface area contributed by atoms with E-state index >= 15 is 0 Å². The van der Waals surface area contributed by atoms with Gasteiger partial charge in [-0.15, -0.1) is 0 Å². The number of hydrogen-bond donors (Lipinski definition) is 2. The predicted molar refractivity (Wildman–Crippen MR) is 57.2 cm³/mol. The Hall–Kier alpha value is -1.36. The maximum absolute atomic E-state index is 11.4. The molecule has 0 aliphatic carbocycles. The Morgan fingerprint density at radius 2 is 2.43 bits per heavy atom. The van der Waals surface area contributed by atoms with Crippen LogP contribution in [0.4, 0.5) is 0 Å². The zero-order chi connectivity index (χ0) is 10.6. The van der Waals surface area contributed by atoms with E-state index in [1.165, 1.54) is 6.26 Å². The van der Waals surface area contributed by atoms with Crippen LogP contribution in [-0.2, 0) is 0 Å². The zero-order valence-corrected chi connectivity index (χ0v) is 8.69. The number of thiocarbonyl (C=S) groups is 1. The highest BCUT2D eigenvalue weighted by molar-refractivity contribution is 7.80. The van der Waals surface area contributed by atoms with Crippen molar-refractivity contribution in [3.63, 3.8) is 0 Å². The first-order chi connectivity index (χ1) is 6.59. The van der Waals surface area contributed by atoms with Crippen LogP contribution in [0.15, 0.2) is 16.7 Å². The average Bonchev–Trinajstić information content (AvgIpc) is 2.51. The maximum Gasteiger partial charge on any atom is 0.254 e. The fourth-order valence-electron chi connectivity index (χ4n) is 0.964. The summed E-state index contributed by atoms with van der Waals surface area (Å²) in [4.78, 5) is 11.8. The van der Waals surface area contributed by atoms with Crippen LogP contribution in [0, 0.1) is 6.92 Å². The van der Waals surface area contributed by atoms with Gasteiger partial charge in [0.05, 0.1) is 10.6 Å². The van der Waals surface area contributed by atoms with E-state index in [-0.39, 0.29) is 5.91 Å². The molecule has 0 aromatic carbocycles. The molecular formula is C9H12N2O2S. The highest BCUT2D eigenvalue weighted by atomic mass is 32.1. The van der Waals surface area contributed by atoms with Gasteiger partial charge in [0.15, 0.2) is 0 Å². The summed E-state index contributed by atoms with van der Waals surface area (Å²) >= 11 is 4.68. The molecule has 0 fully saturated rings. The SMILES string of the molecule is Cc1cc(C(=O)NCCC(N)=S)co1. The van der Waals surface area contributed by atoms with Gasteiger partial charge in [-0.1, -0.05) is 12.2 Å². The molecule has 0 bridgehead atoms. The fourth-order valence-corrected chi connectivity index (χ4v) is 1.07. The summed E-state index contributed by atoms with van der Waals surface area (Å²) in [5, 5.41) is 2.68. The molecule has 0 saturated heterocycles. The predicted octanol–water partition coefficient (Wildman–Crippen LogP) is 0.994. The second kappa shape index (κ2) is 4.76. The molecule has 1 rings (SSSR count). The van der Waals surface area contributed by atoms with Crippen molar-refractivity contribution in [2.75, 3.05) is 6.54 Å². The van der Waals surface area contributed by atoms with Gasteiger partial charge in [-0.2, -0.15) is 0 Å². The van der Waals surface area contributed by atoms with Crippen LogP contribution in [0.5, 0.6) is 0 Å². The molecule has 0 unspecified atom stereocenters. The minimum absolute atomic E-state index is 0.168. The molecule has 4 nitrogen and oxygen atoms in total. The summed E-state index contributed by atoms with van der Waals surface area (Å²) in [5.41, 5.74) is 5.80. The molecular weight excluding hydrogens is 200 g/mol. The topological polar surface area (TPSA) is 68.3 Å². The first kappa shape index (κ1) is 10.7. The van der Waals surface area contributed by atoms with Gasteiger partial charge >= 0.3 is 0 Å². The lowest BCUT2D eigenvalue weighted by molar-refractivity contribution is 0.0954. The van der Waals surface area contributed by atoms with Gasteiger partial charge in [0.1, 0.15) is 12.0 Å². The van der Waals surface area contributed by atoms with Crippen LogP contribution >= 0.6 is 12.2 Å². The second-order valence-corrected chi connectivity index (χ2v) is 3.44. The van der Waals surface area contributed by atoms with Crippen molar-refractivity contribution in [3.05, 3.63) is 23.7 Å². The molecule has 76 valence electrons. The van der Waals surface area contributed by atoms with Crippen molar-refractivity contribution >= 4 is 23.1 Å². The highest BCUT2D eigenvalue weighted by Crippen LogP contribution is 2.05. The standard InChI is InChI=1S/C9H12N2O2S/c1-6-4-7(5-13-6)9(12)11-3-2-8(10)14/h4-5H,2-3H2,1H3,(H2,10,14)(H,11,12). The zero-order valence-electron chi connectivity index (χ0n) is 7.87. The summed E-state index contributed by atoms with van der Waals surface area (Å²) in [6.07, 6.45) is 1.93. The quantitative estimate of drug-likeness (QED) is 0.730. The lowest BCUT2D eigenvalue weighted by atomic mass is 10.3. The molecule has 0 spiro atoms. The van der Waals surface area contributed by atoms with Crippen molar-refractivity contribution in [3.8, 4) is 0 Å². The van der Waals surface area contributed by atoms with Gasteiger partial charge in [-0.3, -0.25) is 4.79 Å². The number of nitrogens with one attached hydrogen (secondary N) is 1. The van der Waals surface area contributed by atoms with E-state index in [4.69, 9.17) is 10.2 Å². The molecule has 1 aromatic heterocycles. The molecule has 1 heterocycles. The van der Waals surface area contributed by atoms with Crippen LogP contribution in [0.25, 0.3) is 0 Å². The minimum Gasteiger partial charge on any atom is -0.469 e. The van der Waals surface area contributed by atoms with Crippen LogP contribution < -0.4 is 11.1 Å². The Bertz CT molecular complexity index is 346. The van der Waals surface area contributed by atoms with Gasteiger partial charge in [0.25, 0.3) is 5.91 Å². The normalized spacial score (nSPS) is 9.79. The number of carbonyl (C=O) groups excluding carboxylic acids is 1. The number of furan rings is 1. The van der Waals surface area contributed by atoms with Gasteiger partial charge < -0.3 is 15.5 Å². The Morgan fingerprint density at radius 1 is 1.71 bits per heavy atom. The van der Waals surface area contributed by atoms with Gasteiger partial charge in [0.2, 0.25) is 0 Å². The van der Waals surface area contributed by atoms with Gasteiger partial charge in [-0.05, 0) is 13.0 Å². The summed E-state index contributed by atoms with van der Waals surface area (Å²) < 4.78 is 5.00. The van der Waals surface area contributed by atoms with E-state index in [9.17, 15) is 4.79 Å². The first-order valence-corrected chi connectivity index (χ1v) is 4.62. The molecule has 0 radical (unpaired) electrons. The van der Waals surface area contributed by atoms with Crippen molar-refractivity contribution in [1.82, 2.24) is 5.32 Å². The van der Waals surface area contributed by atoms with Crippen LogP contribution in [0.1, 0.15) is 22.5 Å². The Labute approximate surface area is 87.5 Å². The monoisotopic (exact) mass is 212 g/mol.